The molecule has 0 radical (unpaired) electrons. The first kappa shape index (κ1) is 17.2. The molecule has 0 saturated carbocycles. The summed E-state index contributed by atoms with van der Waals surface area (Å²) < 4.78 is 4.99. The molecule has 5 nitrogen and oxygen atoms in total. The van der Waals surface area contributed by atoms with Gasteiger partial charge in [0.15, 0.2) is 6.61 Å². The van der Waals surface area contributed by atoms with E-state index in [1.165, 1.54) is 24.3 Å². The van der Waals surface area contributed by atoms with Crippen LogP contribution < -0.4 is 5.32 Å². The fourth-order valence-corrected chi connectivity index (χ4v) is 2.12. The van der Waals surface area contributed by atoms with Crippen molar-refractivity contribution < 1.29 is 14.3 Å². The first-order chi connectivity index (χ1) is 11.5. The van der Waals surface area contributed by atoms with Crippen molar-refractivity contribution >= 4 is 11.9 Å². The molecular formula is C19H18N2O3. The van der Waals surface area contributed by atoms with Gasteiger partial charge in [-0.25, -0.2) is 4.79 Å². The average molecular weight is 322 g/mol. The van der Waals surface area contributed by atoms with Crippen molar-refractivity contribution in [3.8, 4) is 6.07 Å². The van der Waals surface area contributed by atoms with Crippen LogP contribution in [0.25, 0.3) is 0 Å². The van der Waals surface area contributed by atoms with Crippen LogP contribution in [0, 0.1) is 18.3 Å². The van der Waals surface area contributed by atoms with E-state index in [0.29, 0.717) is 11.1 Å². The third kappa shape index (κ3) is 4.68. The van der Waals surface area contributed by atoms with Crippen molar-refractivity contribution in [2.45, 2.75) is 19.9 Å². The van der Waals surface area contributed by atoms with E-state index in [1.54, 1.807) is 0 Å². The van der Waals surface area contributed by atoms with E-state index in [1.807, 2.05) is 44.2 Å². The zero-order valence-corrected chi connectivity index (χ0v) is 13.6. The van der Waals surface area contributed by atoms with Crippen molar-refractivity contribution in [1.82, 2.24) is 5.32 Å². The molecule has 0 bridgehead atoms. The van der Waals surface area contributed by atoms with Gasteiger partial charge in [0.1, 0.15) is 0 Å². The van der Waals surface area contributed by atoms with Gasteiger partial charge in [-0.15, -0.1) is 0 Å². The summed E-state index contributed by atoms with van der Waals surface area (Å²) in [5, 5.41) is 11.5. The number of rotatable bonds is 5. The summed E-state index contributed by atoms with van der Waals surface area (Å²) in [7, 11) is 0. The van der Waals surface area contributed by atoms with E-state index < -0.39 is 5.97 Å². The summed E-state index contributed by atoms with van der Waals surface area (Å²) in [6.45, 7) is 3.51. The number of ether oxygens (including phenoxy) is 1. The fourth-order valence-electron chi connectivity index (χ4n) is 2.12. The van der Waals surface area contributed by atoms with Crippen LogP contribution in [-0.4, -0.2) is 18.5 Å². The van der Waals surface area contributed by atoms with Crippen LogP contribution in [0.5, 0.6) is 0 Å². The molecule has 0 aliphatic rings. The van der Waals surface area contributed by atoms with E-state index in [0.717, 1.165) is 11.1 Å². The number of hydrogen-bond acceptors (Lipinski definition) is 4. The molecule has 0 saturated heterocycles. The highest BCUT2D eigenvalue weighted by atomic mass is 16.5. The van der Waals surface area contributed by atoms with Crippen LogP contribution in [0.1, 0.15) is 40.0 Å². The van der Waals surface area contributed by atoms with Gasteiger partial charge < -0.3 is 10.1 Å². The van der Waals surface area contributed by atoms with Crippen molar-refractivity contribution in [3.05, 3.63) is 70.8 Å². The number of nitriles is 1. The van der Waals surface area contributed by atoms with Crippen LogP contribution in [0.2, 0.25) is 0 Å². The molecule has 1 atom stereocenters. The Bertz CT molecular complexity index is 759. The Morgan fingerprint density at radius 3 is 2.33 bits per heavy atom. The second kappa shape index (κ2) is 7.93. The van der Waals surface area contributed by atoms with Crippen LogP contribution in [0.4, 0.5) is 0 Å². The molecule has 0 aliphatic carbocycles. The number of nitrogens with one attached hydrogen (secondary N) is 1. The molecule has 24 heavy (non-hydrogen) atoms. The monoisotopic (exact) mass is 322 g/mol. The molecule has 1 unspecified atom stereocenters. The van der Waals surface area contributed by atoms with Crippen LogP contribution in [-0.2, 0) is 9.53 Å². The lowest BCUT2D eigenvalue weighted by Gasteiger charge is -2.14. The number of benzene rings is 2. The maximum absolute atomic E-state index is 11.9. The molecule has 0 aliphatic heterocycles. The summed E-state index contributed by atoms with van der Waals surface area (Å²) in [4.78, 5) is 23.8. The van der Waals surface area contributed by atoms with Crippen LogP contribution >= 0.6 is 0 Å². The second-order valence-corrected chi connectivity index (χ2v) is 5.47. The normalized spacial score (nSPS) is 11.2. The lowest BCUT2D eigenvalue weighted by molar-refractivity contribution is -0.124. The minimum Gasteiger partial charge on any atom is -0.452 e. The van der Waals surface area contributed by atoms with Gasteiger partial charge in [0, 0.05) is 0 Å². The average Bonchev–Trinajstić information content (AvgIpc) is 2.60. The molecule has 0 heterocycles. The largest absolute Gasteiger partial charge is 0.452 e. The minimum atomic E-state index is -0.599. The third-order valence-electron chi connectivity index (χ3n) is 3.54. The maximum atomic E-state index is 11.9. The van der Waals surface area contributed by atoms with E-state index in [-0.39, 0.29) is 18.6 Å². The summed E-state index contributed by atoms with van der Waals surface area (Å²) in [6, 6.07) is 15.7. The summed E-state index contributed by atoms with van der Waals surface area (Å²) in [5.41, 5.74) is 2.88. The summed E-state index contributed by atoms with van der Waals surface area (Å²) >= 11 is 0. The zero-order valence-electron chi connectivity index (χ0n) is 13.6. The standard InChI is InChI=1S/C19H18N2O3/c1-13-3-7-16(8-4-13)14(2)21-18(22)12-24-19(23)17-9-5-15(11-20)6-10-17/h3-10,14H,12H2,1-2H3,(H,21,22). The molecule has 1 N–H and O–H groups in total. The number of nitrogens with zero attached hydrogens (tertiary/aromatic N) is 1. The molecule has 0 spiro atoms. The minimum absolute atomic E-state index is 0.174. The Morgan fingerprint density at radius 2 is 1.75 bits per heavy atom. The van der Waals surface area contributed by atoms with E-state index in [9.17, 15) is 9.59 Å². The van der Waals surface area contributed by atoms with Gasteiger partial charge in [0.25, 0.3) is 5.91 Å². The predicted molar refractivity (Wildman–Crippen MR) is 89.2 cm³/mol. The highest BCUT2D eigenvalue weighted by Gasteiger charge is 2.13. The lowest BCUT2D eigenvalue weighted by Crippen LogP contribution is -2.31. The Labute approximate surface area is 140 Å². The Kier molecular flexibility index (Phi) is 5.69. The van der Waals surface area contributed by atoms with Gasteiger partial charge >= 0.3 is 5.97 Å². The summed E-state index contributed by atoms with van der Waals surface area (Å²) in [5.74, 6) is -0.970. The Balaban J connectivity index is 1.84. The topological polar surface area (TPSA) is 79.2 Å². The lowest BCUT2D eigenvalue weighted by atomic mass is 10.1. The predicted octanol–water partition coefficient (Wildman–Crippen LogP) is 2.90. The molecular weight excluding hydrogens is 304 g/mol. The van der Waals surface area contributed by atoms with Crippen molar-refractivity contribution in [2.24, 2.45) is 0 Å². The number of carbonyl (C=O) groups excluding carboxylic acids is 2. The fraction of sp³-hybridized carbons (Fsp3) is 0.211. The molecule has 0 fully saturated rings. The zero-order chi connectivity index (χ0) is 17.5. The second-order valence-electron chi connectivity index (χ2n) is 5.47. The number of hydrogen-bond donors (Lipinski definition) is 1. The van der Waals surface area contributed by atoms with E-state index >= 15 is 0 Å². The molecule has 5 heteroatoms. The number of aryl methyl sites for hydroxylation is 1. The molecule has 1 amide bonds. The smallest absolute Gasteiger partial charge is 0.338 e. The third-order valence-corrected chi connectivity index (χ3v) is 3.54. The highest BCUT2D eigenvalue weighted by Crippen LogP contribution is 2.13. The quantitative estimate of drug-likeness (QED) is 0.858. The van der Waals surface area contributed by atoms with Crippen molar-refractivity contribution in [1.29, 1.82) is 5.26 Å². The van der Waals surface area contributed by atoms with Crippen molar-refractivity contribution in [3.63, 3.8) is 0 Å². The molecule has 2 rings (SSSR count). The van der Waals surface area contributed by atoms with Gasteiger partial charge in [-0.3, -0.25) is 4.79 Å². The first-order valence-electron chi connectivity index (χ1n) is 7.53. The SMILES string of the molecule is Cc1ccc(C(C)NC(=O)COC(=O)c2ccc(C#N)cc2)cc1. The highest BCUT2D eigenvalue weighted by molar-refractivity contribution is 5.91. The van der Waals surface area contributed by atoms with Gasteiger partial charge in [-0.05, 0) is 43.7 Å². The maximum Gasteiger partial charge on any atom is 0.338 e. The number of amides is 1. The van der Waals surface area contributed by atoms with Gasteiger partial charge in [-0.2, -0.15) is 5.26 Å². The van der Waals surface area contributed by atoms with E-state index in [4.69, 9.17) is 10.00 Å². The van der Waals surface area contributed by atoms with Gasteiger partial charge in [-0.1, -0.05) is 29.8 Å². The summed E-state index contributed by atoms with van der Waals surface area (Å²) in [6.07, 6.45) is 0. The van der Waals surface area contributed by atoms with Crippen LogP contribution in [0.15, 0.2) is 48.5 Å². The Hall–Kier alpha value is -3.13. The van der Waals surface area contributed by atoms with Crippen molar-refractivity contribution in [2.75, 3.05) is 6.61 Å². The molecule has 0 aromatic heterocycles. The number of esters is 1. The molecule has 2 aromatic carbocycles. The van der Waals surface area contributed by atoms with E-state index in [2.05, 4.69) is 5.32 Å². The van der Waals surface area contributed by atoms with Gasteiger partial charge in [0.2, 0.25) is 0 Å². The van der Waals surface area contributed by atoms with Gasteiger partial charge in [0.05, 0.1) is 23.2 Å². The first-order valence-corrected chi connectivity index (χ1v) is 7.53. The Morgan fingerprint density at radius 1 is 1.12 bits per heavy atom. The number of carbonyl (C=O) groups is 2. The molecule has 122 valence electrons. The van der Waals surface area contributed by atoms with Crippen LogP contribution in [0.3, 0.4) is 0 Å². The molecule has 2 aromatic rings.